The number of oxazole rings is 1. The number of hydrogen-bond acceptors (Lipinski definition) is 5. The zero-order valence-electron chi connectivity index (χ0n) is 26.6. The van der Waals surface area contributed by atoms with Gasteiger partial charge < -0.3 is 18.2 Å². The molecule has 5 heteroatoms. The Bertz CT molecular complexity index is 3110. The summed E-state index contributed by atoms with van der Waals surface area (Å²) in [6.07, 6.45) is 0. The molecule has 0 spiro atoms. The standard InChI is InChI=1S/C45H26N2O3/c1-2-12-29(13-3-1)47(37-18-8-16-34-41-31-14-6-4-10-27(31)21-25-39(41)49-44(34)37)30-22-23-33-40(26-30)48-38-19-9-17-35(42(33)38)45-46-36-24-20-28-11-5-7-15-32(28)43(36)50-45/h1-26H. The van der Waals surface area contributed by atoms with Gasteiger partial charge in [-0.15, -0.1) is 0 Å². The lowest BCUT2D eigenvalue weighted by Crippen LogP contribution is -2.09. The van der Waals surface area contributed by atoms with E-state index in [1.54, 1.807) is 0 Å². The average Bonchev–Trinajstić information content (AvgIpc) is 3.89. The predicted octanol–water partition coefficient (Wildman–Crippen LogP) is 13.1. The minimum absolute atomic E-state index is 0.573. The van der Waals surface area contributed by atoms with Crippen LogP contribution >= 0.6 is 0 Å². The van der Waals surface area contributed by atoms with Crippen LogP contribution in [0.4, 0.5) is 17.1 Å². The summed E-state index contributed by atoms with van der Waals surface area (Å²) >= 11 is 0. The van der Waals surface area contributed by atoms with E-state index in [2.05, 4.69) is 126 Å². The molecular formula is C45H26N2O3. The number of para-hydroxylation sites is 2. The SMILES string of the molecule is c1ccc(N(c2ccc3c(c2)oc2cccc(-c4nc5ccc6ccccc6c5o4)c23)c2cccc3c2oc2ccc4ccccc4c23)cc1. The number of fused-ring (bicyclic) bond motifs is 11. The highest BCUT2D eigenvalue weighted by atomic mass is 16.4. The Hall–Kier alpha value is -6.85. The summed E-state index contributed by atoms with van der Waals surface area (Å²) in [5.41, 5.74) is 8.68. The summed E-state index contributed by atoms with van der Waals surface area (Å²) in [6, 6.07) is 54.3. The Labute approximate surface area is 285 Å². The van der Waals surface area contributed by atoms with E-state index in [1.807, 2.05) is 36.4 Å². The first-order valence-corrected chi connectivity index (χ1v) is 16.7. The molecule has 0 bridgehead atoms. The highest BCUT2D eigenvalue weighted by molar-refractivity contribution is 6.21. The molecule has 50 heavy (non-hydrogen) atoms. The quantitative estimate of drug-likeness (QED) is 0.191. The van der Waals surface area contributed by atoms with Gasteiger partial charge in [0.1, 0.15) is 22.3 Å². The van der Waals surface area contributed by atoms with E-state index >= 15 is 0 Å². The van der Waals surface area contributed by atoms with Crippen LogP contribution in [0.25, 0.3) is 88.0 Å². The number of benzene rings is 8. The molecule has 0 fully saturated rings. The normalized spacial score (nSPS) is 12.0. The van der Waals surface area contributed by atoms with Crippen molar-refractivity contribution in [1.82, 2.24) is 4.98 Å². The third-order valence-corrected chi connectivity index (χ3v) is 9.87. The summed E-state index contributed by atoms with van der Waals surface area (Å²) in [4.78, 5) is 7.18. The number of rotatable bonds is 4. The maximum Gasteiger partial charge on any atom is 0.228 e. The van der Waals surface area contributed by atoms with Crippen LogP contribution in [-0.4, -0.2) is 4.98 Å². The fourth-order valence-electron chi connectivity index (χ4n) is 7.64. The molecule has 0 saturated carbocycles. The van der Waals surface area contributed by atoms with Gasteiger partial charge in [0.25, 0.3) is 0 Å². The number of furan rings is 2. The summed E-state index contributed by atoms with van der Waals surface area (Å²) < 4.78 is 19.8. The van der Waals surface area contributed by atoms with Crippen molar-refractivity contribution in [2.75, 3.05) is 4.90 Å². The molecule has 3 heterocycles. The molecule has 5 nitrogen and oxygen atoms in total. The summed E-state index contributed by atoms with van der Waals surface area (Å²) in [5.74, 6) is 0.573. The van der Waals surface area contributed by atoms with Gasteiger partial charge in [-0.25, -0.2) is 4.98 Å². The first-order chi connectivity index (χ1) is 24.8. The van der Waals surface area contributed by atoms with E-state index in [-0.39, 0.29) is 0 Å². The maximum absolute atomic E-state index is 6.69. The molecule has 11 rings (SSSR count). The van der Waals surface area contributed by atoms with E-state index < -0.39 is 0 Å². The number of aromatic nitrogens is 1. The molecule has 0 saturated heterocycles. The molecule has 0 amide bonds. The zero-order valence-corrected chi connectivity index (χ0v) is 26.6. The summed E-state index contributed by atoms with van der Waals surface area (Å²) in [5, 5.41) is 8.71. The largest absolute Gasteiger partial charge is 0.456 e. The molecule has 0 aliphatic carbocycles. The molecule has 0 radical (unpaired) electrons. The lowest BCUT2D eigenvalue weighted by molar-refractivity contribution is 0.623. The van der Waals surface area contributed by atoms with Gasteiger partial charge in [-0.05, 0) is 70.8 Å². The van der Waals surface area contributed by atoms with E-state index in [1.165, 1.54) is 10.8 Å². The fraction of sp³-hybridized carbons (Fsp3) is 0. The molecule has 3 aromatic heterocycles. The van der Waals surface area contributed by atoms with Gasteiger partial charge in [0.2, 0.25) is 5.89 Å². The number of nitrogens with zero attached hydrogens (tertiary/aromatic N) is 2. The Morgan fingerprint density at radius 1 is 0.420 bits per heavy atom. The van der Waals surface area contributed by atoms with Gasteiger partial charge in [-0.1, -0.05) is 97.1 Å². The Kier molecular flexibility index (Phi) is 5.60. The first-order valence-electron chi connectivity index (χ1n) is 16.7. The molecule has 0 atom stereocenters. The van der Waals surface area contributed by atoms with Crippen molar-refractivity contribution in [3.63, 3.8) is 0 Å². The monoisotopic (exact) mass is 642 g/mol. The smallest absolute Gasteiger partial charge is 0.228 e. The predicted molar refractivity (Wildman–Crippen MR) is 204 cm³/mol. The van der Waals surface area contributed by atoms with Crippen LogP contribution in [0.3, 0.4) is 0 Å². The van der Waals surface area contributed by atoms with Gasteiger partial charge in [-0.2, -0.15) is 0 Å². The topological polar surface area (TPSA) is 55.6 Å². The van der Waals surface area contributed by atoms with Gasteiger partial charge in [0.15, 0.2) is 11.2 Å². The van der Waals surface area contributed by atoms with E-state index in [0.29, 0.717) is 5.89 Å². The van der Waals surface area contributed by atoms with Crippen molar-refractivity contribution < 1.29 is 13.3 Å². The van der Waals surface area contributed by atoms with Crippen molar-refractivity contribution in [1.29, 1.82) is 0 Å². The van der Waals surface area contributed by atoms with Gasteiger partial charge in [0, 0.05) is 44.2 Å². The molecule has 0 aliphatic heterocycles. The third-order valence-electron chi connectivity index (χ3n) is 9.87. The van der Waals surface area contributed by atoms with Crippen LogP contribution in [0, 0.1) is 0 Å². The van der Waals surface area contributed by atoms with Crippen LogP contribution in [0.1, 0.15) is 0 Å². The highest BCUT2D eigenvalue weighted by Gasteiger charge is 2.23. The van der Waals surface area contributed by atoms with Crippen LogP contribution in [0.5, 0.6) is 0 Å². The molecule has 0 unspecified atom stereocenters. The lowest BCUT2D eigenvalue weighted by Gasteiger charge is -2.25. The molecule has 0 aliphatic rings. The van der Waals surface area contributed by atoms with Crippen molar-refractivity contribution >= 4 is 93.6 Å². The van der Waals surface area contributed by atoms with Gasteiger partial charge in [0.05, 0.1) is 11.4 Å². The summed E-state index contributed by atoms with van der Waals surface area (Å²) in [6.45, 7) is 0. The Morgan fingerprint density at radius 3 is 2.06 bits per heavy atom. The lowest BCUT2D eigenvalue weighted by atomic mass is 10.0. The van der Waals surface area contributed by atoms with Crippen LogP contribution in [0.15, 0.2) is 171 Å². The Morgan fingerprint density at radius 2 is 1.16 bits per heavy atom. The summed E-state index contributed by atoms with van der Waals surface area (Å²) in [7, 11) is 0. The first kappa shape index (κ1) is 27.1. The molecule has 0 N–H and O–H groups in total. The van der Waals surface area contributed by atoms with Crippen LogP contribution < -0.4 is 4.90 Å². The van der Waals surface area contributed by atoms with E-state index in [4.69, 9.17) is 18.2 Å². The highest BCUT2D eigenvalue weighted by Crippen LogP contribution is 2.45. The third kappa shape index (κ3) is 3.92. The average molecular weight is 643 g/mol. The van der Waals surface area contributed by atoms with Crippen molar-refractivity contribution in [3.05, 3.63) is 158 Å². The maximum atomic E-state index is 6.69. The zero-order chi connectivity index (χ0) is 32.8. The van der Waals surface area contributed by atoms with E-state index in [0.717, 1.165) is 88.4 Å². The molecular weight excluding hydrogens is 617 g/mol. The fourth-order valence-corrected chi connectivity index (χ4v) is 7.64. The number of hydrogen-bond donors (Lipinski definition) is 0. The second-order valence-electron chi connectivity index (χ2n) is 12.7. The van der Waals surface area contributed by atoms with Gasteiger partial charge in [-0.3, -0.25) is 0 Å². The second kappa shape index (κ2) is 10.3. The number of anilines is 3. The molecule has 11 aromatic rings. The van der Waals surface area contributed by atoms with Gasteiger partial charge >= 0.3 is 0 Å². The van der Waals surface area contributed by atoms with Crippen LogP contribution in [-0.2, 0) is 0 Å². The van der Waals surface area contributed by atoms with Crippen LogP contribution in [0.2, 0.25) is 0 Å². The van der Waals surface area contributed by atoms with Crippen molar-refractivity contribution in [2.24, 2.45) is 0 Å². The second-order valence-corrected chi connectivity index (χ2v) is 12.7. The van der Waals surface area contributed by atoms with Crippen molar-refractivity contribution in [3.8, 4) is 11.5 Å². The molecule has 234 valence electrons. The minimum Gasteiger partial charge on any atom is -0.456 e. The minimum atomic E-state index is 0.573. The molecule has 8 aromatic carbocycles. The Balaban J connectivity index is 1.11. The van der Waals surface area contributed by atoms with Crippen molar-refractivity contribution in [2.45, 2.75) is 0 Å². The van der Waals surface area contributed by atoms with E-state index in [9.17, 15) is 0 Å².